The minimum atomic E-state index is -0.837. The van der Waals surface area contributed by atoms with Crippen molar-refractivity contribution in [3.05, 3.63) is 16.9 Å². The van der Waals surface area contributed by atoms with Crippen LogP contribution >= 0.6 is 15.9 Å². The summed E-state index contributed by atoms with van der Waals surface area (Å²) in [4.78, 5) is 22.2. The number of rotatable bonds is 5. The number of amides is 1. The maximum Gasteiger partial charge on any atom is 0.407 e. The first-order valence-electron chi connectivity index (χ1n) is 10.3. The Labute approximate surface area is 185 Å². The first-order chi connectivity index (χ1) is 13.9. The van der Waals surface area contributed by atoms with Gasteiger partial charge >= 0.3 is 6.09 Å². The topological polar surface area (TPSA) is 103 Å². The third-order valence-corrected chi connectivity index (χ3v) is 5.38. The predicted octanol–water partition coefficient (Wildman–Crippen LogP) is 4.00. The number of H-pyrrole nitrogens is 1. The van der Waals surface area contributed by atoms with Crippen molar-refractivity contribution in [1.29, 1.82) is 0 Å². The average molecular weight is 482 g/mol. The summed E-state index contributed by atoms with van der Waals surface area (Å²) in [6.07, 6.45) is 5.13. The molecule has 8 nitrogen and oxygen atoms in total. The molecule has 0 radical (unpaired) electrons. The smallest absolute Gasteiger partial charge is 0.407 e. The third kappa shape index (κ3) is 5.78. The lowest BCUT2D eigenvalue weighted by atomic mass is 10.0. The van der Waals surface area contributed by atoms with Crippen LogP contribution in [0, 0.1) is 0 Å². The molecule has 166 valence electrons. The number of ether oxygens (including phenoxy) is 1. The van der Waals surface area contributed by atoms with Gasteiger partial charge in [0.15, 0.2) is 0 Å². The summed E-state index contributed by atoms with van der Waals surface area (Å²) in [5, 5.41) is 17.4. The number of hydrogen-bond acceptors (Lipinski definition) is 6. The molecule has 1 fully saturated rings. The molecule has 1 aliphatic heterocycles. The van der Waals surface area contributed by atoms with Gasteiger partial charge in [-0.15, -0.1) is 0 Å². The Balaban J connectivity index is 1.83. The molecule has 4 N–H and O–H groups in total. The van der Waals surface area contributed by atoms with Crippen molar-refractivity contribution >= 4 is 44.4 Å². The molecule has 9 heteroatoms. The Hall–Kier alpha value is -2.00. The molecule has 1 atom stereocenters. The highest BCUT2D eigenvalue weighted by Crippen LogP contribution is 2.39. The number of nitrogens with zero attached hydrogens (tertiary/aromatic N) is 2. The van der Waals surface area contributed by atoms with Crippen LogP contribution in [0.25, 0.3) is 11.0 Å². The summed E-state index contributed by atoms with van der Waals surface area (Å²) in [6.45, 7) is 11.1. The SMILES string of the molecule is CC(C)(O)CNc1c[nH]c2ncc(Br)c(N3CCC[C@@H](NC(=O)OC(C)(C)C)C3)c12. The maximum absolute atomic E-state index is 12.2. The number of piperidine rings is 1. The number of aromatic amines is 1. The summed E-state index contributed by atoms with van der Waals surface area (Å²) in [7, 11) is 0. The van der Waals surface area contributed by atoms with E-state index in [4.69, 9.17) is 4.74 Å². The highest BCUT2D eigenvalue weighted by atomic mass is 79.9. The summed E-state index contributed by atoms with van der Waals surface area (Å²) < 4.78 is 6.31. The van der Waals surface area contributed by atoms with E-state index >= 15 is 0 Å². The molecular weight excluding hydrogens is 450 g/mol. The van der Waals surface area contributed by atoms with Gasteiger partial charge in [0, 0.05) is 38.1 Å². The zero-order valence-corrected chi connectivity index (χ0v) is 19.9. The Morgan fingerprint density at radius 2 is 2.13 bits per heavy atom. The quantitative estimate of drug-likeness (QED) is 0.514. The van der Waals surface area contributed by atoms with Gasteiger partial charge in [0.05, 0.1) is 26.8 Å². The van der Waals surface area contributed by atoms with Crippen LogP contribution in [0.15, 0.2) is 16.9 Å². The summed E-state index contributed by atoms with van der Waals surface area (Å²) in [5.74, 6) is 0. The van der Waals surface area contributed by atoms with Crippen molar-refractivity contribution in [2.75, 3.05) is 29.9 Å². The molecule has 1 amide bonds. The van der Waals surface area contributed by atoms with Crippen molar-refractivity contribution in [3.8, 4) is 0 Å². The highest BCUT2D eigenvalue weighted by Gasteiger charge is 2.27. The number of carbonyl (C=O) groups is 1. The summed E-state index contributed by atoms with van der Waals surface area (Å²) >= 11 is 3.67. The minimum Gasteiger partial charge on any atom is -0.444 e. The van der Waals surface area contributed by atoms with Gasteiger partial charge in [-0.05, 0) is 63.4 Å². The van der Waals surface area contributed by atoms with Gasteiger partial charge < -0.3 is 30.4 Å². The normalized spacial score (nSPS) is 17.8. The zero-order valence-electron chi connectivity index (χ0n) is 18.3. The number of aliphatic hydroxyl groups is 1. The first-order valence-corrected chi connectivity index (χ1v) is 11.1. The van der Waals surface area contributed by atoms with Gasteiger partial charge in [-0.3, -0.25) is 0 Å². The van der Waals surface area contributed by atoms with Crippen LogP contribution in [0.3, 0.4) is 0 Å². The predicted molar refractivity (Wildman–Crippen MR) is 123 cm³/mol. The van der Waals surface area contributed by atoms with Gasteiger partial charge in [0.1, 0.15) is 11.2 Å². The van der Waals surface area contributed by atoms with E-state index in [0.717, 1.165) is 46.3 Å². The first kappa shape index (κ1) is 22.7. The van der Waals surface area contributed by atoms with Crippen molar-refractivity contribution in [2.24, 2.45) is 0 Å². The minimum absolute atomic E-state index is 0.00422. The molecule has 30 heavy (non-hydrogen) atoms. The monoisotopic (exact) mass is 481 g/mol. The van der Waals surface area contributed by atoms with Crippen LogP contribution in [0.5, 0.6) is 0 Å². The number of halogens is 1. The van der Waals surface area contributed by atoms with Gasteiger partial charge in [0.2, 0.25) is 0 Å². The van der Waals surface area contributed by atoms with Gasteiger partial charge in [0.25, 0.3) is 0 Å². The van der Waals surface area contributed by atoms with E-state index in [1.165, 1.54) is 0 Å². The molecule has 0 saturated carbocycles. The van der Waals surface area contributed by atoms with Crippen molar-refractivity contribution < 1.29 is 14.6 Å². The van der Waals surface area contributed by atoms with E-state index in [2.05, 4.69) is 41.4 Å². The molecule has 0 aliphatic carbocycles. The van der Waals surface area contributed by atoms with E-state index in [-0.39, 0.29) is 12.1 Å². The maximum atomic E-state index is 12.2. The molecule has 0 bridgehead atoms. The van der Waals surface area contributed by atoms with Crippen LogP contribution in [0.4, 0.5) is 16.2 Å². The molecule has 2 aromatic heterocycles. The number of nitrogens with one attached hydrogen (secondary N) is 3. The lowest BCUT2D eigenvalue weighted by Crippen LogP contribution is -2.49. The number of fused-ring (bicyclic) bond motifs is 1. The lowest BCUT2D eigenvalue weighted by Gasteiger charge is -2.36. The second kappa shape index (κ2) is 8.63. The van der Waals surface area contributed by atoms with Crippen molar-refractivity contribution in [2.45, 2.75) is 64.7 Å². The number of hydrogen-bond donors (Lipinski definition) is 4. The summed E-state index contributed by atoms with van der Waals surface area (Å²) in [5.41, 5.74) is 1.32. The Bertz CT molecular complexity index is 900. The van der Waals surface area contributed by atoms with Crippen molar-refractivity contribution in [3.63, 3.8) is 0 Å². The van der Waals surface area contributed by atoms with E-state index in [9.17, 15) is 9.90 Å². The average Bonchev–Trinajstić information content (AvgIpc) is 3.01. The molecule has 2 aromatic rings. The van der Waals surface area contributed by atoms with Gasteiger partial charge in [-0.2, -0.15) is 0 Å². The van der Waals surface area contributed by atoms with Crippen LogP contribution < -0.4 is 15.5 Å². The molecular formula is C21H32BrN5O3. The third-order valence-electron chi connectivity index (χ3n) is 4.80. The van der Waals surface area contributed by atoms with Crippen LogP contribution in [-0.2, 0) is 4.74 Å². The largest absolute Gasteiger partial charge is 0.444 e. The zero-order chi connectivity index (χ0) is 22.1. The number of carbonyl (C=O) groups excluding carboxylic acids is 1. The molecule has 1 saturated heterocycles. The Kier molecular flexibility index (Phi) is 6.52. The molecule has 3 heterocycles. The summed E-state index contributed by atoms with van der Waals surface area (Å²) in [6, 6.07) is -0.00422. The van der Waals surface area contributed by atoms with E-state index in [0.29, 0.717) is 13.1 Å². The fourth-order valence-corrected chi connectivity index (χ4v) is 4.14. The number of pyridine rings is 1. The van der Waals surface area contributed by atoms with Crippen LogP contribution in [0.1, 0.15) is 47.5 Å². The Morgan fingerprint density at radius 3 is 2.80 bits per heavy atom. The number of aromatic nitrogens is 2. The van der Waals surface area contributed by atoms with Crippen molar-refractivity contribution in [1.82, 2.24) is 15.3 Å². The van der Waals surface area contributed by atoms with Gasteiger partial charge in [-0.1, -0.05) is 0 Å². The van der Waals surface area contributed by atoms with E-state index in [1.54, 1.807) is 20.0 Å². The van der Waals surface area contributed by atoms with Crippen LogP contribution in [0.2, 0.25) is 0 Å². The second-order valence-corrected chi connectivity index (χ2v) is 10.3. The van der Waals surface area contributed by atoms with Gasteiger partial charge in [-0.25, -0.2) is 9.78 Å². The molecule has 3 rings (SSSR count). The molecule has 1 aliphatic rings. The molecule has 0 aromatic carbocycles. The second-order valence-electron chi connectivity index (χ2n) is 9.48. The molecule has 0 unspecified atom stereocenters. The van der Waals surface area contributed by atoms with E-state index < -0.39 is 11.2 Å². The highest BCUT2D eigenvalue weighted by molar-refractivity contribution is 9.10. The Morgan fingerprint density at radius 1 is 1.40 bits per heavy atom. The fourth-order valence-electron chi connectivity index (χ4n) is 3.59. The molecule has 0 spiro atoms. The van der Waals surface area contributed by atoms with Crippen LogP contribution in [-0.4, -0.2) is 58.0 Å². The number of alkyl carbamates (subject to hydrolysis) is 1. The standard InChI is InChI=1S/C21H32BrN5O3/c1-20(2,3)30-19(28)26-13-7-6-8-27(11-13)17-14(22)9-23-18-16(17)15(10-24-18)25-12-21(4,5)29/h9-10,13,25,29H,6-8,11-12H2,1-5H3,(H,23,24)(H,26,28)/t13-/m1/s1. The number of anilines is 2. The van der Waals surface area contributed by atoms with E-state index in [1.807, 2.05) is 27.0 Å². The lowest BCUT2D eigenvalue weighted by molar-refractivity contribution is 0.0500. The fraction of sp³-hybridized carbons (Fsp3) is 0.619.